The first-order valence-electron chi connectivity index (χ1n) is 11.3. The van der Waals surface area contributed by atoms with E-state index in [4.69, 9.17) is 15.2 Å². The van der Waals surface area contributed by atoms with Crippen molar-refractivity contribution in [2.75, 3.05) is 36.7 Å². The van der Waals surface area contributed by atoms with Gasteiger partial charge in [0.05, 0.1) is 14.2 Å². The molecule has 0 bridgehead atoms. The topological polar surface area (TPSA) is 145 Å². The smallest absolute Gasteiger partial charge is 0.256 e. The van der Waals surface area contributed by atoms with Gasteiger partial charge in [-0.2, -0.15) is 4.98 Å². The highest BCUT2D eigenvalue weighted by Crippen LogP contribution is 2.30. The Balaban J connectivity index is 1.58. The number of methoxy groups -OCH3 is 2. The molecular formula is C26H27N7O4. The number of aromatic nitrogens is 3. The number of fused-ring (bicyclic) bond motifs is 1. The quantitative estimate of drug-likeness (QED) is 0.229. The van der Waals surface area contributed by atoms with Crippen LogP contribution in [-0.4, -0.2) is 46.9 Å². The van der Waals surface area contributed by atoms with Crippen LogP contribution in [0.2, 0.25) is 0 Å². The monoisotopic (exact) mass is 501 g/mol. The lowest BCUT2D eigenvalue weighted by Gasteiger charge is -2.16. The normalized spacial score (nSPS) is 10.5. The van der Waals surface area contributed by atoms with Crippen LogP contribution in [0.1, 0.15) is 15.9 Å². The van der Waals surface area contributed by atoms with Gasteiger partial charge >= 0.3 is 0 Å². The van der Waals surface area contributed by atoms with Crippen molar-refractivity contribution in [3.63, 3.8) is 0 Å². The first-order chi connectivity index (χ1) is 17.9. The lowest BCUT2D eigenvalue weighted by molar-refractivity contribution is -0.111. The number of nitrogens with one attached hydrogen (secondary N) is 3. The summed E-state index contributed by atoms with van der Waals surface area (Å²) < 4.78 is 12.3. The average molecular weight is 502 g/mol. The van der Waals surface area contributed by atoms with Crippen LogP contribution in [0.3, 0.4) is 0 Å². The van der Waals surface area contributed by atoms with Gasteiger partial charge in [0.25, 0.3) is 5.91 Å². The molecule has 0 aliphatic heterocycles. The Hall–Kier alpha value is -5.06. The summed E-state index contributed by atoms with van der Waals surface area (Å²) in [6.45, 7) is 3.99. The van der Waals surface area contributed by atoms with Gasteiger partial charge in [-0.1, -0.05) is 18.7 Å². The zero-order chi connectivity index (χ0) is 26.4. The van der Waals surface area contributed by atoms with Crippen LogP contribution in [0.15, 0.2) is 67.5 Å². The molecule has 4 aromatic rings. The summed E-state index contributed by atoms with van der Waals surface area (Å²) in [4.78, 5) is 32.8. The molecule has 4 rings (SSSR count). The van der Waals surface area contributed by atoms with Crippen molar-refractivity contribution >= 4 is 40.6 Å². The predicted molar refractivity (Wildman–Crippen MR) is 142 cm³/mol. The van der Waals surface area contributed by atoms with Crippen molar-refractivity contribution in [1.82, 2.24) is 14.4 Å². The van der Waals surface area contributed by atoms with Gasteiger partial charge in [-0.25, -0.2) is 4.98 Å². The number of primary amides is 1. The molecular weight excluding hydrogens is 474 g/mol. The maximum absolute atomic E-state index is 12.4. The van der Waals surface area contributed by atoms with Gasteiger partial charge in [-0.05, 0) is 30.2 Å². The highest BCUT2D eigenvalue weighted by Gasteiger charge is 2.20. The van der Waals surface area contributed by atoms with Gasteiger partial charge in [-0.15, -0.1) is 0 Å². The molecule has 0 unspecified atom stereocenters. The van der Waals surface area contributed by atoms with E-state index in [9.17, 15) is 9.59 Å². The maximum Gasteiger partial charge on any atom is 0.256 e. The van der Waals surface area contributed by atoms with Gasteiger partial charge in [0.2, 0.25) is 11.9 Å². The molecule has 0 spiro atoms. The lowest BCUT2D eigenvalue weighted by Crippen LogP contribution is -2.19. The maximum atomic E-state index is 12.4. The summed E-state index contributed by atoms with van der Waals surface area (Å²) in [6.07, 6.45) is 5.18. The van der Waals surface area contributed by atoms with Crippen molar-refractivity contribution in [3.05, 3.63) is 78.6 Å². The Morgan fingerprint density at radius 3 is 2.41 bits per heavy atom. The molecule has 2 aromatic heterocycles. The summed E-state index contributed by atoms with van der Waals surface area (Å²) in [7, 11) is 3.10. The summed E-state index contributed by atoms with van der Waals surface area (Å²) in [5, 5.41) is 9.18. The molecule has 2 heterocycles. The Bertz CT molecular complexity index is 1430. The highest BCUT2D eigenvalue weighted by molar-refractivity contribution is 6.04. The minimum absolute atomic E-state index is 0.148. The minimum atomic E-state index is -0.670. The van der Waals surface area contributed by atoms with Crippen molar-refractivity contribution in [2.24, 2.45) is 5.73 Å². The van der Waals surface area contributed by atoms with E-state index in [-0.39, 0.29) is 17.3 Å². The number of nitrogens with zero attached hydrogens (tertiary/aromatic N) is 3. The van der Waals surface area contributed by atoms with E-state index in [1.54, 1.807) is 49.2 Å². The van der Waals surface area contributed by atoms with Gasteiger partial charge in [-0.3, -0.25) is 14.0 Å². The standard InChI is InChI=1S/C26H27N7O4/c1-4-21(34)30-17-7-5-16(6-8-17)9-10-29-26-32-24(22(23(27)35)25-28-11-12-33(25)26)31-18-13-19(36-2)15-20(14-18)37-3/h4-8,11-15,31H,1,9-10H2,2-3H3,(H2,27,35)(H,29,32)(H,30,34). The molecule has 5 N–H and O–H groups in total. The van der Waals surface area contributed by atoms with E-state index in [2.05, 4.69) is 32.5 Å². The molecule has 11 nitrogen and oxygen atoms in total. The molecule has 0 saturated heterocycles. The number of carbonyl (C=O) groups is 2. The van der Waals surface area contributed by atoms with Crippen molar-refractivity contribution in [3.8, 4) is 11.5 Å². The van der Waals surface area contributed by atoms with Gasteiger partial charge in [0, 0.05) is 48.5 Å². The number of anilines is 4. The van der Waals surface area contributed by atoms with E-state index < -0.39 is 5.91 Å². The SMILES string of the molecule is C=CC(=O)Nc1ccc(CCNc2nc(Nc3cc(OC)cc(OC)c3)c(C(N)=O)c3nccn23)cc1. The molecule has 11 heteroatoms. The Morgan fingerprint density at radius 1 is 1.08 bits per heavy atom. The van der Waals surface area contributed by atoms with Gasteiger partial charge in [0.1, 0.15) is 17.1 Å². The van der Waals surface area contributed by atoms with E-state index in [0.29, 0.717) is 47.4 Å². The number of amides is 2. The predicted octanol–water partition coefficient (Wildman–Crippen LogP) is 3.37. The summed E-state index contributed by atoms with van der Waals surface area (Å²) in [6, 6.07) is 12.8. The highest BCUT2D eigenvalue weighted by atomic mass is 16.5. The molecule has 0 atom stereocenters. The van der Waals surface area contributed by atoms with Gasteiger partial charge < -0.3 is 31.2 Å². The number of ether oxygens (including phenoxy) is 2. The summed E-state index contributed by atoms with van der Waals surface area (Å²) in [5.74, 6) is 0.920. The number of carbonyl (C=O) groups excluding carboxylic acids is 2. The van der Waals surface area contributed by atoms with E-state index in [1.807, 2.05) is 24.3 Å². The van der Waals surface area contributed by atoms with Gasteiger partial charge in [0.15, 0.2) is 11.5 Å². The number of hydrogen-bond donors (Lipinski definition) is 4. The van der Waals surface area contributed by atoms with Crippen LogP contribution in [0, 0.1) is 0 Å². The Morgan fingerprint density at radius 2 is 1.78 bits per heavy atom. The lowest BCUT2D eigenvalue weighted by atomic mass is 10.1. The zero-order valence-corrected chi connectivity index (χ0v) is 20.4. The first kappa shape index (κ1) is 25.0. The molecule has 0 radical (unpaired) electrons. The number of hydrogen-bond acceptors (Lipinski definition) is 8. The summed E-state index contributed by atoms with van der Waals surface area (Å²) in [5.41, 5.74) is 8.56. The van der Waals surface area contributed by atoms with Crippen LogP contribution in [0.25, 0.3) is 5.65 Å². The molecule has 0 fully saturated rings. The second kappa shape index (κ2) is 11.1. The second-order valence-electron chi connectivity index (χ2n) is 7.94. The first-order valence-corrected chi connectivity index (χ1v) is 11.3. The third-order valence-electron chi connectivity index (χ3n) is 5.51. The van der Waals surface area contributed by atoms with Crippen molar-refractivity contribution in [1.29, 1.82) is 0 Å². The van der Waals surface area contributed by atoms with Crippen molar-refractivity contribution in [2.45, 2.75) is 6.42 Å². The van der Waals surface area contributed by atoms with Crippen molar-refractivity contribution < 1.29 is 19.1 Å². The summed E-state index contributed by atoms with van der Waals surface area (Å²) >= 11 is 0. The van der Waals surface area contributed by atoms with Crippen LogP contribution >= 0.6 is 0 Å². The van der Waals surface area contributed by atoms with E-state index in [0.717, 1.165) is 5.56 Å². The van der Waals surface area contributed by atoms with Crippen LogP contribution in [-0.2, 0) is 11.2 Å². The third kappa shape index (κ3) is 5.78. The van der Waals surface area contributed by atoms with E-state index >= 15 is 0 Å². The molecule has 190 valence electrons. The molecule has 0 saturated carbocycles. The Kier molecular flexibility index (Phi) is 7.53. The molecule has 2 amide bonds. The number of imidazole rings is 1. The number of benzene rings is 2. The average Bonchev–Trinajstić information content (AvgIpc) is 3.39. The van der Waals surface area contributed by atoms with Crippen LogP contribution in [0.4, 0.5) is 23.1 Å². The van der Waals surface area contributed by atoms with Crippen LogP contribution in [0.5, 0.6) is 11.5 Å². The zero-order valence-electron chi connectivity index (χ0n) is 20.4. The number of nitrogens with two attached hydrogens (primary N) is 1. The largest absolute Gasteiger partial charge is 0.497 e. The fourth-order valence-electron chi connectivity index (χ4n) is 3.71. The number of rotatable bonds is 11. The molecule has 0 aliphatic rings. The fraction of sp³-hybridized carbons (Fsp3) is 0.154. The van der Waals surface area contributed by atoms with E-state index in [1.165, 1.54) is 6.08 Å². The third-order valence-corrected chi connectivity index (χ3v) is 5.51. The second-order valence-corrected chi connectivity index (χ2v) is 7.94. The Labute approximate surface area is 213 Å². The molecule has 37 heavy (non-hydrogen) atoms. The fourth-order valence-corrected chi connectivity index (χ4v) is 3.71. The van der Waals surface area contributed by atoms with Crippen LogP contribution < -0.4 is 31.2 Å². The minimum Gasteiger partial charge on any atom is -0.497 e. The molecule has 2 aromatic carbocycles. The molecule has 0 aliphatic carbocycles.